The van der Waals surface area contributed by atoms with Crippen molar-refractivity contribution in [2.24, 2.45) is 0 Å². The van der Waals surface area contributed by atoms with Gasteiger partial charge in [0.05, 0.1) is 31.7 Å². The summed E-state index contributed by atoms with van der Waals surface area (Å²) in [5.41, 5.74) is 8.00. The van der Waals surface area contributed by atoms with Crippen LogP contribution in [0, 0.1) is 11.3 Å². The molecule has 9 aromatic rings. The van der Waals surface area contributed by atoms with E-state index in [0.29, 0.717) is 5.56 Å². The van der Waals surface area contributed by atoms with Crippen LogP contribution in [0.15, 0.2) is 126 Å². The normalized spacial score (nSPS) is 11.9. The van der Waals surface area contributed by atoms with Crippen LogP contribution in [0.2, 0.25) is 0 Å². The predicted octanol–water partition coefficient (Wildman–Crippen LogP) is 10.6. The van der Waals surface area contributed by atoms with Gasteiger partial charge < -0.3 is 8.98 Å². The molecule has 0 radical (unpaired) electrons. The van der Waals surface area contributed by atoms with Gasteiger partial charge >= 0.3 is 0 Å². The zero-order valence-corrected chi connectivity index (χ0v) is 22.6. The van der Waals surface area contributed by atoms with E-state index in [0.717, 1.165) is 54.2 Å². The molecule has 41 heavy (non-hydrogen) atoms. The van der Waals surface area contributed by atoms with Gasteiger partial charge in [-0.25, -0.2) is 0 Å². The summed E-state index contributed by atoms with van der Waals surface area (Å²) < 4.78 is 10.7. The molecule has 0 N–H and O–H groups in total. The van der Waals surface area contributed by atoms with Gasteiger partial charge in [0.1, 0.15) is 17.2 Å². The second kappa shape index (κ2) is 8.32. The molecule has 0 aliphatic heterocycles. The van der Waals surface area contributed by atoms with Crippen LogP contribution in [0.5, 0.6) is 0 Å². The average Bonchev–Trinajstić information content (AvgIpc) is 3.70. The average molecular weight is 541 g/mol. The molecule has 0 spiro atoms. The molecule has 4 heteroatoms. The first kappa shape index (κ1) is 22.4. The number of fused-ring (bicyclic) bond motifs is 9. The van der Waals surface area contributed by atoms with E-state index in [2.05, 4.69) is 95.6 Å². The number of hydrogen-bond donors (Lipinski definition) is 0. The SMILES string of the molecule is N#Cc1cc(-c2cccc3oc4ccccc4c23)cc2c1sc1c(-n3c4ccccc4c4ccccc43)cccc12. The van der Waals surface area contributed by atoms with Crippen molar-refractivity contribution >= 4 is 75.3 Å². The van der Waals surface area contributed by atoms with E-state index in [9.17, 15) is 5.26 Å². The van der Waals surface area contributed by atoms with Gasteiger partial charge in [-0.2, -0.15) is 5.26 Å². The van der Waals surface area contributed by atoms with E-state index < -0.39 is 0 Å². The Morgan fingerprint density at radius 2 is 1.24 bits per heavy atom. The molecule has 3 nitrogen and oxygen atoms in total. The van der Waals surface area contributed by atoms with Crippen molar-refractivity contribution in [3.8, 4) is 22.9 Å². The quantitative estimate of drug-likeness (QED) is 0.219. The summed E-state index contributed by atoms with van der Waals surface area (Å²) in [4.78, 5) is 0. The molecule has 0 fully saturated rings. The lowest BCUT2D eigenvalue weighted by molar-refractivity contribution is 0.669. The highest BCUT2D eigenvalue weighted by molar-refractivity contribution is 7.26. The van der Waals surface area contributed by atoms with Crippen LogP contribution in [0.4, 0.5) is 0 Å². The van der Waals surface area contributed by atoms with Crippen LogP contribution in [-0.2, 0) is 0 Å². The van der Waals surface area contributed by atoms with Gasteiger partial charge in [0.2, 0.25) is 0 Å². The Balaban J connectivity index is 1.37. The van der Waals surface area contributed by atoms with E-state index in [1.807, 2.05) is 36.4 Å². The molecular formula is C37H20N2OS. The summed E-state index contributed by atoms with van der Waals surface area (Å²) in [6, 6.07) is 44.8. The van der Waals surface area contributed by atoms with Gasteiger partial charge in [0, 0.05) is 32.3 Å². The van der Waals surface area contributed by atoms with Crippen molar-refractivity contribution in [2.45, 2.75) is 0 Å². The molecule has 0 bridgehead atoms. The maximum Gasteiger partial charge on any atom is 0.136 e. The lowest BCUT2D eigenvalue weighted by Crippen LogP contribution is -1.93. The third-order valence-electron chi connectivity index (χ3n) is 8.23. The predicted molar refractivity (Wildman–Crippen MR) is 171 cm³/mol. The number of rotatable bonds is 2. The number of para-hydroxylation sites is 3. The molecule has 190 valence electrons. The first-order chi connectivity index (χ1) is 20.3. The zero-order valence-electron chi connectivity index (χ0n) is 21.8. The summed E-state index contributed by atoms with van der Waals surface area (Å²) in [6.07, 6.45) is 0. The van der Waals surface area contributed by atoms with E-state index in [1.165, 1.54) is 26.5 Å². The number of benzene rings is 6. The second-order valence-corrected chi connectivity index (χ2v) is 11.4. The van der Waals surface area contributed by atoms with Gasteiger partial charge in [-0.1, -0.05) is 78.9 Å². The molecule has 0 saturated heterocycles. The summed E-state index contributed by atoms with van der Waals surface area (Å²) in [7, 11) is 0. The number of thiophene rings is 1. The minimum Gasteiger partial charge on any atom is -0.456 e. The maximum atomic E-state index is 10.3. The third kappa shape index (κ3) is 3.07. The summed E-state index contributed by atoms with van der Waals surface area (Å²) in [6.45, 7) is 0. The highest BCUT2D eigenvalue weighted by atomic mass is 32.1. The Bertz CT molecular complexity index is 2500. The molecule has 6 aromatic carbocycles. The van der Waals surface area contributed by atoms with Crippen molar-refractivity contribution in [1.29, 1.82) is 5.26 Å². The molecule has 0 atom stereocenters. The minimum absolute atomic E-state index is 0.691. The molecule has 3 heterocycles. The monoisotopic (exact) mass is 540 g/mol. The molecule has 0 aliphatic rings. The van der Waals surface area contributed by atoms with Gasteiger partial charge in [-0.15, -0.1) is 11.3 Å². The Hall–Kier alpha value is -5.37. The highest BCUT2D eigenvalue weighted by Crippen LogP contribution is 2.44. The molecule has 3 aromatic heterocycles. The van der Waals surface area contributed by atoms with E-state index in [1.54, 1.807) is 11.3 Å². The van der Waals surface area contributed by atoms with Crippen LogP contribution < -0.4 is 0 Å². The Kier molecular flexibility index (Phi) is 4.55. The Morgan fingerprint density at radius 3 is 2.02 bits per heavy atom. The van der Waals surface area contributed by atoms with Gasteiger partial charge in [-0.3, -0.25) is 0 Å². The molecule has 0 aliphatic carbocycles. The lowest BCUT2D eigenvalue weighted by Gasteiger charge is -2.09. The maximum absolute atomic E-state index is 10.3. The molecule has 0 unspecified atom stereocenters. The minimum atomic E-state index is 0.691. The number of nitrogens with zero attached hydrogens (tertiary/aromatic N) is 2. The van der Waals surface area contributed by atoms with Gasteiger partial charge in [0.25, 0.3) is 0 Å². The number of furan rings is 1. The summed E-state index contributed by atoms with van der Waals surface area (Å²) >= 11 is 1.70. The smallest absolute Gasteiger partial charge is 0.136 e. The first-order valence-electron chi connectivity index (χ1n) is 13.6. The van der Waals surface area contributed by atoms with Gasteiger partial charge in [-0.05, 0) is 53.6 Å². The van der Waals surface area contributed by atoms with Crippen molar-refractivity contribution in [1.82, 2.24) is 4.57 Å². The number of nitriles is 1. The topological polar surface area (TPSA) is 41.9 Å². The fraction of sp³-hybridized carbons (Fsp3) is 0. The Labute approximate surface area is 238 Å². The van der Waals surface area contributed by atoms with Gasteiger partial charge in [0.15, 0.2) is 0 Å². The fourth-order valence-corrected chi connectivity index (χ4v) is 7.75. The highest BCUT2D eigenvalue weighted by Gasteiger charge is 2.19. The van der Waals surface area contributed by atoms with Crippen molar-refractivity contribution in [2.75, 3.05) is 0 Å². The number of aromatic nitrogens is 1. The van der Waals surface area contributed by atoms with Crippen LogP contribution >= 0.6 is 11.3 Å². The molecule has 0 saturated carbocycles. The van der Waals surface area contributed by atoms with E-state index >= 15 is 0 Å². The molecule has 9 rings (SSSR count). The van der Waals surface area contributed by atoms with Crippen LogP contribution in [-0.4, -0.2) is 4.57 Å². The Morgan fingerprint density at radius 1 is 0.585 bits per heavy atom. The van der Waals surface area contributed by atoms with Crippen molar-refractivity contribution in [3.05, 3.63) is 127 Å². The first-order valence-corrected chi connectivity index (χ1v) is 14.4. The fourth-order valence-electron chi connectivity index (χ4n) is 6.50. The lowest BCUT2D eigenvalue weighted by atomic mass is 9.96. The van der Waals surface area contributed by atoms with Crippen molar-refractivity contribution < 1.29 is 4.42 Å². The van der Waals surface area contributed by atoms with E-state index in [4.69, 9.17) is 4.42 Å². The zero-order chi connectivity index (χ0) is 27.1. The largest absolute Gasteiger partial charge is 0.456 e. The van der Waals surface area contributed by atoms with Crippen molar-refractivity contribution in [3.63, 3.8) is 0 Å². The van der Waals surface area contributed by atoms with Crippen LogP contribution in [0.1, 0.15) is 5.56 Å². The van der Waals surface area contributed by atoms with Crippen LogP contribution in [0.25, 0.3) is 80.7 Å². The van der Waals surface area contributed by atoms with E-state index in [-0.39, 0.29) is 0 Å². The second-order valence-electron chi connectivity index (χ2n) is 10.4. The summed E-state index contributed by atoms with van der Waals surface area (Å²) in [5.74, 6) is 0. The standard InChI is InChI=1S/C37H20N2OS/c38-21-23-19-22(24-12-8-18-34-35(24)28-11-3-6-17-33(28)40-34)20-29-27-13-7-16-32(37(27)41-36(23)29)39-30-14-4-1-9-25(30)26-10-2-5-15-31(26)39/h1-20H. The van der Waals surface area contributed by atoms with Crippen LogP contribution in [0.3, 0.4) is 0 Å². The summed E-state index contributed by atoms with van der Waals surface area (Å²) in [5, 5.41) is 17.2. The third-order valence-corrected chi connectivity index (χ3v) is 9.51. The number of hydrogen-bond acceptors (Lipinski definition) is 3. The molecule has 0 amide bonds. The molecular weight excluding hydrogens is 520 g/mol.